The second kappa shape index (κ2) is 16.2. The zero-order valence-electron chi connectivity index (χ0n) is 32.9. The molecule has 2 saturated heterocycles. The lowest BCUT2D eigenvalue weighted by molar-refractivity contribution is -0.136. The number of hydrogen-bond donors (Lipinski definition) is 1. The number of likely N-dealkylation sites (tertiary alicyclic amines) is 1. The summed E-state index contributed by atoms with van der Waals surface area (Å²) in [5.74, 6) is 1.37. The number of nitrogens with one attached hydrogen (secondary N) is 1. The second-order valence-corrected chi connectivity index (χ2v) is 16.4. The number of nitriles is 1. The standard InChI is InChI=1S/C43H51N7O7/c1-26(2)49(30-19-34(20-30)57-32-8-9-35-36(21-32)43(54)50(42(35)53)37-10-11-40(51)46-41(37)52)24-27-12-15-47(16-13-27)39-25-48(17-14-45-39)29-5-7-31(18-29)56-33-6-4-28(23-44)38(22-33)55-3/h4,6,8-9,14,21-22,25-27,29-31,34,37H,5,7,10-13,15-20,24H2,1-3H3,(H,46,51,52)/t29-,30?,31+,34?,37-/m0/s1. The number of benzene rings is 2. The Balaban J connectivity index is 0.797. The Labute approximate surface area is 333 Å². The predicted octanol–water partition coefficient (Wildman–Crippen LogP) is 4.49. The van der Waals surface area contributed by atoms with Gasteiger partial charge >= 0.3 is 0 Å². The minimum atomic E-state index is -0.991. The summed E-state index contributed by atoms with van der Waals surface area (Å²) >= 11 is 0. The minimum absolute atomic E-state index is 0.00910. The number of carbonyl (C=O) groups excluding carboxylic acids is 4. The molecule has 2 saturated carbocycles. The summed E-state index contributed by atoms with van der Waals surface area (Å²) in [5, 5.41) is 11.5. The molecule has 2 aliphatic carbocycles. The van der Waals surface area contributed by atoms with Crippen molar-refractivity contribution in [2.45, 2.75) is 108 Å². The molecule has 0 radical (unpaired) electrons. The smallest absolute Gasteiger partial charge is 0.262 e. The first-order valence-corrected chi connectivity index (χ1v) is 20.4. The number of aliphatic imine (C=N–C) groups is 1. The second-order valence-electron chi connectivity index (χ2n) is 16.4. The van der Waals surface area contributed by atoms with Crippen LogP contribution in [0.25, 0.3) is 0 Å². The van der Waals surface area contributed by atoms with E-state index in [1.54, 1.807) is 37.4 Å². The fourth-order valence-corrected chi connectivity index (χ4v) is 9.28. The van der Waals surface area contributed by atoms with Gasteiger partial charge < -0.3 is 24.0 Å². The first-order chi connectivity index (χ1) is 27.6. The van der Waals surface area contributed by atoms with Crippen LogP contribution in [0.2, 0.25) is 0 Å². The molecular weight excluding hydrogens is 727 g/mol. The summed E-state index contributed by atoms with van der Waals surface area (Å²) in [6.45, 7) is 8.30. The Morgan fingerprint density at radius 1 is 0.912 bits per heavy atom. The van der Waals surface area contributed by atoms with E-state index >= 15 is 0 Å². The minimum Gasteiger partial charge on any atom is -0.495 e. The molecule has 1 N–H and O–H groups in total. The van der Waals surface area contributed by atoms with Gasteiger partial charge in [-0.05, 0) is 82.2 Å². The van der Waals surface area contributed by atoms with E-state index in [9.17, 15) is 24.4 Å². The third-order valence-electron chi connectivity index (χ3n) is 12.5. The molecule has 2 aromatic carbocycles. The van der Waals surface area contributed by atoms with Crippen molar-refractivity contribution in [1.82, 2.24) is 24.9 Å². The maximum absolute atomic E-state index is 13.3. The van der Waals surface area contributed by atoms with Crippen LogP contribution in [0.5, 0.6) is 17.2 Å². The van der Waals surface area contributed by atoms with Crippen molar-refractivity contribution < 1.29 is 33.4 Å². The highest BCUT2D eigenvalue weighted by Crippen LogP contribution is 2.37. The van der Waals surface area contributed by atoms with Gasteiger partial charge in [-0.1, -0.05) is 0 Å². The highest BCUT2D eigenvalue weighted by atomic mass is 16.5. The molecule has 57 heavy (non-hydrogen) atoms. The number of imide groups is 2. The maximum atomic E-state index is 13.3. The van der Waals surface area contributed by atoms with Gasteiger partial charge in [-0.3, -0.25) is 34.3 Å². The molecule has 0 unspecified atom stereocenters. The number of amides is 4. The Morgan fingerprint density at radius 3 is 2.39 bits per heavy atom. The highest BCUT2D eigenvalue weighted by Gasteiger charge is 2.45. The van der Waals surface area contributed by atoms with Crippen molar-refractivity contribution in [2.24, 2.45) is 10.9 Å². The highest BCUT2D eigenvalue weighted by molar-refractivity contribution is 6.23. The van der Waals surface area contributed by atoms with Crippen LogP contribution in [0.4, 0.5) is 0 Å². The summed E-state index contributed by atoms with van der Waals surface area (Å²) < 4.78 is 18.0. The normalized spacial score (nSPS) is 26.4. The fraction of sp³-hybridized carbons (Fsp3) is 0.535. The monoisotopic (exact) mass is 777 g/mol. The van der Waals surface area contributed by atoms with Gasteiger partial charge in [0.2, 0.25) is 11.8 Å². The molecule has 14 heteroatoms. The lowest BCUT2D eigenvalue weighted by Gasteiger charge is -2.47. The van der Waals surface area contributed by atoms with Crippen LogP contribution >= 0.6 is 0 Å². The van der Waals surface area contributed by atoms with Crippen molar-refractivity contribution in [2.75, 3.05) is 33.3 Å². The third-order valence-corrected chi connectivity index (χ3v) is 12.5. The van der Waals surface area contributed by atoms with E-state index in [0.717, 1.165) is 87.6 Å². The third kappa shape index (κ3) is 7.94. The van der Waals surface area contributed by atoms with E-state index in [1.165, 1.54) is 0 Å². The van der Waals surface area contributed by atoms with Crippen molar-refractivity contribution in [3.8, 4) is 23.3 Å². The van der Waals surface area contributed by atoms with Crippen LogP contribution in [0.3, 0.4) is 0 Å². The molecular formula is C43H51N7O7. The Hall–Kier alpha value is -5.42. The Kier molecular flexibility index (Phi) is 10.9. The van der Waals surface area contributed by atoms with E-state index < -0.39 is 29.7 Å². The van der Waals surface area contributed by atoms with E-state index in [0.29, 0.717) is 41.1 Å². The number of hydrogen-bond acceptors (Lipinski definition) is 12. The molecule has 4 fully saturated rings. The average Bonchev–Trinajstić information content (AvgIpc) is 3.76. The SMILES string of the molecule is COc1cc(O[C@@H]2CC[C@H](N3C=C(N4CCC(CN(C(C)C)C5CC(Oc6ccc7c(c6)C(=O)N([C@H]6CCC(=O)NC6=O)C7=O)C5)CC4)N=CC3)C2)ccc1C#N. The zero-order valence-corrected chi connectivity index (χ0v) is 32.9. The van der Waals surface area contributed by atoms with Crippen LogP contribution in [0.1, 0.15) is 97.9 Å². The van der Waals surface area contributed by atoms with Gasteiger partial charge in [0.1, 0.15) is 47.4 Å². The molecule has 6 aliphatic rings. The van der Waals surface area contributed by atoms with Crippen molar-refractivity contribution in [3.63, 3.8) is 0 Å². The van der Waals surface area contributed by atoms with Crippen molar-refractivity contribution in [1.29, 1.82) is 5.26 Å². The molecule has 0 spiro atoms. The predicted molar refractivity (Wildman–Crippen MR) is 210 cm³/mol. The van der Waals surface area contributed by atoms with Gasteiger partial charge in [-0.25, -0.2) is 4.99 Å². The number of piperidine rings is 2. The number of methoxy groups -OCH3 is 1. The average molecular weight is 778 g/mol. The lowest BCUT2D eigenvalue weighted by Crippen LogP contribution is -2.54. The molecule has 4 heterocycles. The van der Waals surface area contributed by atoms with Gasteiger partial charge in [-0.2, -0.15) is 5.26 Å². The van der Waals surface area contributed by atoms with Crippen LogP contribution in [-0.4, -0.2) is 119 Å². The number of ether oxygens (including phenoxy) is 3. The van der Waals surface area contributed by atoms with Gasteiger partial charge in [0.15, 0.2) is 0 Å². The first-order valence-electron chi connectivity index (χ1n) is 20.4. The van der Waals surface area contributed by atoms with E-state index in [1.807, 2.05) is 12.3 Å². The Morgan fingerprint density at radius 2 is 1.65 bits per heavy atom. The van der Waals surface area contributed by atoms with E-state index in [2.05, 4.69) is 46.1 Å². The van der Waals surface area contributed by atoms with Crippen LogP contribution < -0.4 is 19.5 Å². The quantitative estimate of drug-likeness (QED) is 0.303. The summed E-state index contributed by atoms with van der Waals surface area (Å²) in [4.78, 5) is 63.7. The van der Waals surface area contributed by atoms with Gasteiger partial charge in [0.25, 0.3) is 11.8 Å². The summed E-state index contributed by atoms with van der Waals surface area (Å²) in [6.07, 6.45) is 11.5. The van der Waals surface area contributed by atoms with Crippen molar-refractivity contribution >= 4 is 29.8 Å². The van der Waals surface area contributed by atoms with Crippen molar-refractivity contribution in [3.05, 3.63) is 65.1 Å². The molecule has 14 nitrogen and oxygen atoms in total. The van der Waals surface area contributed by atoms with E-state index in [4.69, 9.17) is 19.2 Å². The summed E-state index contributed by atoms with van der Waals surface area (Å²) in [7, 11) is 1.57. The van der Waals surface area contributed by atoms with Gasteiger partial charge in [0, 0.05) is 81.9 Å². The van der Waals surface area contributed by atoms with E-state index in [-0.39, 0.29) is 36.2 Å². The molecule has 2 aromatic rings. The molecule has 300 valence electrons. The summed E-state index contributed by atoms with van der Waals surface area (Å²) in [6, 6.07) is 12.7. The first kappa shape index (κ1) is 38.5. The van der Waals surface area contributed by atoms with Crippen LogP contribution in [-0.2, 0) is 9.59 Å². The van der Waals surface area contributed by atoms with Gasteiger partial charge in [0.05, 0.1) is 30.3 Å². The lowest BCUT2D eigenvalue weighted by atomic mass is 9.85. The molecule has 3 atom stereocenters. The number of nitrogens with zero attached hydrogens (tertiary/aromatic N) is 6. The number of carbonyl (C=O) groups is 4. The maximum Gasteiger partial charge on any atom is 0.262 e. The van der Waals surface area contributed by atoms with Crippen LogP contribution in [0.15, 0.2) is 53.4 Å². The van der Waals surface area contributed by atoms with Gasteiger partial charge in [-0.15, -0.1) is 0 Å². The topological polar surface area (TPSA) is 157 Å². The summed E-state index contributed by atoms with van der Waals surface area (Å²) in [5.41, 5.74) is 0.981. The molecule has 0 aromatic heterocycles. The molecule has 8 rings (SSSR count). The zero-order chi connectivity index (χ0) is 39.8. The largest absolute Gasteiger partial charge is 0.495 e. The Bertz CT molecular complexity index is 2010. The molecule has 4 amide bonds. The van der Waals surface area contributed by atoms with Crippen LogP contribution in [0, 0.1) is 17.2 Å². The number of rotatable bonds is 12. The molecule has 0 bridgehead atoms. The fourth-order valence-electron chi connectivity index (χ4n) is 9.28. The molecule has 4 aliphatic heterocycles. The number of fused-ring (bicyclic) bond motifs is 1.